The SMILES string of the molecule is O=C(O)/C=C/c1ccc2c(Cl)cccc2n1. The first-order valence-electron chi connectivity index (χ1n) is 4.63. The molecule has 0 saturated heterocycles. The number of pyridine rings is 1. The van der Waals surface area contributed by atoms with Crippen LogP contribution in [0.3, 0.4) is 0 Å². The molecule has 0 fully saturated rings. The fraction of sp³-hybridized carbons (Fsp3) is 0. The zero-order valence-corrected chi connectivity index (χ0v) is 8.98. The Balaban J connectivity index is 2.49. The summed E-state index contributed by atoms with van der Waals surface area (Å²) in [5, 5.41) is 9.99. The molecule has 80 valence electrons. The maximum absolute atomic E-state index is 10.4. The lowest BCUT2D eigenvalue weighted by atomic mass is 10.2. The first-order valence-corrected chi connectivity index (χ1v) is 5.01. The molecule has 0 unspecified atom stereocenters. The molecule has 0 amide bonds. The zero-order valence-electron chi connectivity index (χ0n) is 8.22. The summed E-state index contributed by atoms with van der Waals surface area (Å²) >= 11 is 5.98. The van der Waals surface area contributed by atoms with Crippen LogP contribution >= 0.6 is 11.6 Å². The summed E-state index contributed by atoms with van der Waals surface area (Å²) < 4.78 is 0. The number of carboxylic acids is 1. The predicted molar refractivity (Wildman–Crippen MR) is 63.4 cm³/mol. The molecule has 0 aliphatic heterocycles. The molecular weight excluding hydrogens is 226 g/mol. The number of hydrogen-bond donors (Lipinski definition) is 1. The number of carbonyl (C=O) groups is 1. The van der Waals surface area contributed by atoms with E-state index in [1.807, 2.05) is 18.2 Å². The lowest BCUT2D eigenvalue weighted by Gasteiger charge is -2.00. The lowest BCUT2D eigenvalue weighted by Crippen LogP contribution is -1.88. The Bertz CT molecular complexity index is 578. The molecule has 0 aliphatic carbocycles. The van der Waals surface area contributed by atoms with Crippen LogP contribution in [0.25, 0.3) is 17.0 Å². The lowest BCUT2D eigenvalue weighted by molar-refractivity contribution is -0.131. The number of benzene rings is 1. The minimum atomic E-state index is -0.993. The van der Waals surface area contributed by atoms with Crippen LogP contribution in [0.4, 0.5) is 0 Å². The van der Waals surface area contributed by atoms with Gasteiger partial charge in [0.25, 0.3) is 0 Å². The monoisotopic (exact) mass is 233 g/mol. The highest BCUT2D eigenvalue weighted by Crippen LogP contribution is 2.22. The van der Waals surface area contributed by atoms with E-state index >= 15 is 0 Å². The van der Waals surface area contributed by atoms with E-state index in [0.717, 1.165) is 17.0 Å². The molecule has 1 aromatic heterocycles. The fourth-order valence-electron chi connectivity index (χ4n) is 1.38. The summed E-state index contributed by atoms with van der Waals surface area (Å²) in [7, 11) is 0. The van der Waals surface area contributed by atoms with Crippen LogP contribution in [-0.2, 0) is 4.79 Å². The maximum Gasteiger partial charge on any atom is 0.328 e. The number of hydrogen-bond acceptors (Lipinski definition) is 2. The molecule has 0 saturated carbocycles. The molecule has 0 radical (unpaired) electrons. The van der Waals surface area contributed by atoms with Gasteiger partial charge in [-0.2, -0.15) is 0 Å². The van der Waals surface area contributed by atoms with Crippen molar-refractivity contribution < 1.29 is 9.90 Å². The number of carboxylic acid groups (broad SMARTS) is 1. The fourth-order valence-corrected chi connectivity index (χ4v) is 1.62. The van der Waals surface area contributed by atoms with E-state index in [9.17, 15) is 4.79 Å². The normalized spacial score (nSPS) is 11.1. The number of rotatable bonds is 2. The van der Waals surface area contributed by atoms with Gasteiger partial charge in [0.2, 0.25) is 0 Å². The summed E-state index contributed by atoms with van der Waals surface area (Å²) in [6, 6.07) is 8.99. The van der Waals surface area contributed by atoms with Crippen molar-refractivity contribution in [3.05, 3.63) is 47.1 Å². The predicted octanol–water partition coefficient (Wildman–Crippen LogP) is 2.99. The highest BCUT2D eigenvalue weighted by Gasteiger charge is 1.99. The van der Waals surface area contributed by atoms with Gasteiger partial charge in [-0.25, -0.2) is 9.78 Å². The van der Waals surface area contributed by atoms with E-state index in [4.69, 9.17) is 16.7 Å². The van der Waals surface area contributed by atoms with Crippen LogP contribution < -0.4 is 0 Å². The van der Waals surface area contributed by atoms with Gasteiger partial charge in [0.1, 0.15) is 0 Å². The Morgan fingerprint density at radius 2 is 2.12 bits per heavy atom. The maximum atomic E-state index is 10.4. The van der Waals surface area contributed by atoms with Crippen LogP contribution in [0.1, 0.15) is 5.69 Å². The molecule has 1 heterocycles. The summed E-state index contributed by atoms with van der Waals surface area (Å²) in [4.78, 5) is 14.6. The van der Waals surface area contributed by atoms with E-state index in [-0.39, 0.29) is 0 Å². The van der Waals surface area contributed by atoms with E-state index in [2.05, 4.69) is 4.98 Å². The van der Waals surface area contributed by atoms with Crippen molar-refractivity contribution >= 4 is 34.5 Å². The Labute approximate surface area is 97.0 Å². The van der Waals surface area contributed by atoms with E-state index < -0.39 is 5.97 Å². The molecule has 2 aromatic rings. The van der Waals surface area contributed by atoms with E-state index in [0.29, 0.717) is 10.7 Å². The van der Waals surface area contributed by atoms with Gasteiger partial charge in [-0.1, -0.05) is 17.7 Å². The van der Waals surface area contributed by atoms with Crippen LogP contribution in [0.5, 0.6) is 0 Å². The second-order valence-corrected chi connectivity index (χ2v) is 3.62. The van der Waals surface area contributed by atoms with Crippen LogP contribution in [0.2, 0.25) is 5.02 Å². The average Bonchev–Trinajstić information content (AvgIpc) is 2.26. The molecule has 0 spiro atoms. The molecule has 16 heavy (non-hydrogen) atoms. The molecule has 0 atom stereocenters. The smallest absolute Gasteiger partial charge is 0.328 e. The third kappa shape index (κ3) is 2.20. The largest absolute Gasteiger partial charge is 0.478 e. The average molecular weight is 234 g/mol. The second kappa shape index (κ2) is 4.33. The second-order valence-electron chi connectivity index (χ2n) is 3.21. The summed E-state index contributed by atoms with van der Waals surface area (Å²) in [5.41, 5.74) is 1.34. The van der Waals surface area contributed by atoms with Gasteiger partial charge in [-0.05, 0) is 30.3 Å². The van der Waals surface area contributed by atoms with Gasteiger partial charge >= 0.3 is 5.97 Å². The van der Waals surface area contributed by atoms with Gasteiger partial charge in [0.15, 0.2) is 0 Å². The minimum Gasteiger partial charge on any atom is -0.478 e. The number of aromatic nitrogens is 1. The Hall–Kier alpha value is -1.87. The highest BCUT2D eigenvalue weighted by molar-refractivity contribution is 6.35. The van der Waals surface area contributed by atoms with Gasteiger partial charge < -0.3 is 5.11 Å². The zero-order chi connectivity index (χ0) is 11.5. The number of halogens is 1. The Morgan fingerprint density at radius 1 is 1.31 bits per heavy atom. The quantitative estimate of drug-likeness (QED) is 0.812. The van der Waals surface area contributed by atoms with Crippen LogP contribution in [0.15, 0.2) is 36.4 Å². The van der Waals surface area contributed by atoms with Crippen molar-refractivity contribution in [2.45, 2.75) is 0 Å². The van der Waals surface area contributed by atoms with Crippen molar-refractivity contribution in [1.29, 1.82) is 0 Å². The molecule has 4 heteroatoms. The summed E-state index contributed by atoms with van der Waals surface area (Å²) in [6.07, 6.45) is 2.50. The van der Waals surface area contributed by atoms with Crippen molar-refractivity contribution in [3.8, 4) is 0 Å². The third-order valence-corrected chi connectivity index (χ3v) is 2.43. The van der Waals surface area contributed by atoms with Gasteiger partial charge in [0, 0.05) is 16.5 Å². The van der Waals surface area contributed by atoms with Crippen molar-refractivity contribution in [2.24, 2.45) is 0 Å². The molecule has 3 nitrogen and oxygen atoms in total. The Morgan fingerprint density at radius 3 is 2.88 bits per heavy atom. The third-order valence-electron chi connectivity index (χ3n) is 2.10. The van der Waals surface area contributed by atoms with Crippen molar-refractivity contribution in [2.75, 3.05) is 0 Å². The first-order chi connectivity index (χ1) is 7.66. The van der Waals surface area contributed by atoms with Crippen molar-refractivity contribution in [1.82, 2.24) is 4.98 Å². The first kappa shape index (κ1) is 10.6. The molecule has 1 N–H and O–H groups in total. The van der Waals surface area contributed by atoms with Gasteiger partial charge in [-0.15, -0.1) is 0 Å². The number of fused-ring (bicyclic) bond motifs is 1. The molecular formula is C12H8ClNO2. The van der Waals surface area contributed by atoms with E-state index in [1.165, 1.54) is 6.08 Å². The number of nitrogens with zero attached hydrogens (tertiary/aromatic N) is 1. The minimum absolute atomic E-state index is 0.595. The highest BCUT2D eigenvalue weighted by atomic mass is 35.5. The van der Waals surface area contributed by atoms with Gasteiger partial charge in [-0.3, -0.25) is 0 Å². The van der Waals surface area contributed by atoms with Gasteiger partial charge in [0.05, 0.1) is 11.2 Å². The van der Waals surface area contributed by atoms with E-state index in [1.54, 1.807) is 12.1 Å². The topological polar surface area (TPSA) is 50.2 Å². The van der Waals surface area contributed by atoms with Crippen molar-refractivity contribution in [3.63, 3.8) is 0 Å². The number of aliphatic carboxylic acids is 1. The molecule has 1 aromatic carbocycles. The molecule has 0 bridgehead atoms. The van der Waals surface area contributed by atoms with Crippen LogP contribution in [-0.4, -0.2) is 16.1 Å². The molecule has 0 aliphatic rings. The summed E-state index contributed by atoms with van der Waals surface area (Å²) in [5.74, 6) is -0.993. The molecule has 2 rings (SSSR count). The summed E-state index contributed by atoms with van der Waals surface area (Å²) in [6.45, 7) is 0. The Kier molecular flexibility index (Phi) is 2.88. The standard InChI is InChI=1S/C12H8ClNO2/c13-10-2-1-3-11-9(10)6-4-8(14-11)5-7-12(15)16/h1-7H,(H,15,16)/b7-5+. The van der Waals surface area contributed by atoms with Crippen LogP contribution in [0, 0.1) is 0 Å².